The molecule has 1 aliphatic rings. The van der Waals surface area contributed by atoms with Crippen molar-refractivity contribution in [1.29, 1.82) is 0 Å². The number of piperazine rings is 1. The average Bonchev–Trinajstić information content (AvgIpc) is 1.95. The van der Waals surface area contributed by atoms with Crippen LogP contribution in [0.3, 0.4) is 0 Å². The van der Waals surface area contributed by atoms with Gasteiger partial charge in [0.2, 0.25) is 5.91 Å². The van der Waals surface area contributed by atoms with Crippen LogP contribution in [0.4, 0.5) is 0 Å². The van der Waals surface area contributed by atoms with E-state index in [1.165, 1.54) is 0 Å². The maximum absolute atomic E-state index is 11.1. The molecule has 0 N–H and O–H groups in total. The summed E-state index contributed by atoms with van der Waals surface area (Å²) in [5.41, 5.74) is 0. The second-order valence-electron chi connectivity index (χ2n) is 2.48. The van der Waals surface area contributed by atoms with Crippen LogP contribution in [0.1, 0.15) is 0 Å². The van der Waals surface area contributed by atoms with Gasteiger partial charge in [-0.15, -0.1) is 0 Å². The lowest BCUT2D eigenvalue weighted by Crippen LogP contribution is -2.47. The molecule has 1 heterocycles. The summed E-state index contributed by atoms with van der Waals surface area (Å²) in [7, 11) is 2.48. The Labute approximate surface area is 67.8 Å². The van der Waals surface area contributed by atoms with Gasteiger partial charge in [0, 0.05) is 13.1 Å². The predicted molar refractivity (Wildman–Crippen MR) is 43.9 cm³/mol. The average molecular weight is 174 g/mol. The van der Waals surface area contributed by atoms with Gasteiger partial charge in [-0.1, -0.05) is 9.39 Å². The van der Waals surface area contributed by atoms with E-state index in [4.69, 9.17) is 0 Å². The van der Waals surface area contributed by atoms with Crippen LogP contribution < -0.4 is 0 Å². The van der Waals surface area contributed by atoms with E-state index in [0.717, 1.165) is 12.8 Å². The smallest absolute Gasteiger partial charge is 0.237 e. The first-order valence-corrected chi connectivity index (χ1v) is 3.96. The number of aldehydes is 1. The summed E-state index contributed by atoms with van der Waals surface area (Å²) < 4.78 is 1.86. The van der Waals surface area contributed by atoms with E-state index in [2.05, 4.69) is 9.39 Å². The molecule has 1 amide bonds. The second-order valence-corrected chi connectivity index (χ2v) is 3.21. The summed E-state index contributed by atoms with van der Waals surface area (Å²) in [5.74, 6) is 0.0263. The quantitative estimate of drug-likeness (QED) is 0.403. The second kappa shape index (κ2) is 3.79. The molecule has 62 valence electrons. The molecular weight excluding hydrogens is 163 g/mol. The molecule has 1 unspecified atom stereocenters. The van der Waals surface area contributed by atoms with E-state index in [1.807, 2.05) is 4.67 Å². The minimum absolute atomic E-state index is 0.0263. The molecule has 5 heteroatoms. The molecule has 1 fully saturated rings. The van der Waals surface area contributed by atoms with Crippen LogP contribution in [-0.2, 0) is 9.59 Å². The number of carbonyl (C=O) groups is 2. The van der Waals surface area contributed by atoms with Crippen molar-refractivity contribution in [3.05, 3.63) is 0 Å². The SMILES string of the molecule is O=CCN1CCN(P)CC1=O. The topological polar surface area (TPSA) is 40.6 Å². The van der Waals surface area contributed by atoms with Crippen molar-refractivity contribution in [1.82, 2.24) is 9.57 Å². The molecule has 0 aromatic carbocycles. The Morgan fingerprint density at radius 2 is 2.27 bits per heavy atom. The molecule has 11 heavy (non-hydrogen) atoms. The highest BCUT2D eigenvalue weighted by molar-refractivity contribution is 7.13. The van der Waals surface area contributed by atoms with Crippen molar-refractivity contribution in [2.75, 3.05) is 26.2 Å². The third-order valence-electron chi connectivity index (χ3n) is 1.64. The Bertz CT molecular complexity index is 174. The molecule has 0 spiro atoms. The van der Waals surface area contributed by atoms with E-state index >= 15 is 0 Å². The third-order valence-corrected chi connectivity index (χ3v) is 2.08. The molecule has 1 aliphatic heterocycles. The maximum Gasteiger partial charge on any atom is 0.237 e. The molecular formula is C6H11N2O2P. The minimum atomic E-state index is 0.0263. The van der Waals surface area contributed by atoms with Crippen LogP contribution in [0.2, 0.25) is 0 Å². The molecule has 0 bridgehead atoms. The molecule has 0 radical (unpaired) electrons. The van der Waals surface area contributed by atoms with Crippen molar-refractivity contribution in [3.8, 4) is 0 Å². The van der Waals surface area contributed by atoms with Crippen LogP contribution in [-0.4, -0.2) is 47.9 Å². The van der Waals surface area contributed by atoms with E-state index < -0.39 is 0 Å². The Balaban J connectivity index is 2.43. The van der Waals surface area contributed by atoms with Gasteiger partial charge in [0.05, 0.1) is 13.1 Å². The van der Waals surface area contributed by atoms with Gasteiger partial charge in [0.1, 0.15) is 6.29 Å². The van der Waals surface area contributed by atoms with Crippen LogP contribution in [0.25, 0.3) is 0 Å². The summed E-state index contributed by atoms with van der Waals surface area (Å²) in [6, 6.07) is 0. The zero-order chi connectivity index (χ0) is 8.27. The molecule has 1 atom stereocenters. The van der Waals surface area contributed by atoms with E-state index in [9.17, 15) is 9.59 Å². The number of hydrogen-bond donors (Lipinski definition) is 0. The lowest BCUT2D eigenvalue weighted by atomic mass is 10.3. The fourth-order valence-electron chi connectivity index (χ4n) is 1.01. The lowest BCUT2D eigenvalue weighted by molar-refractivity contribution is -0.135. The van der Waals surface area contributed by atoms with Crippen LogP contribution in [0.5, 0.6) is 0 Å². The first-order valence-electron chi connectivity index (χ1n) is 3.45. The Morgan fingerprint density at radius 3 is 2.82 bits per heavy atom. The monoisotopic (exact) mass is 174 g/mol. The van der Waals surface area contributed by atoms with E-state index in [-0.39, 0.29) is 12.5 Å². The van der Waals surface area contributed by atoms with Crippen molar-refractivity contribution in [3.63, 3.8) is 0 Å². The standard InChI is InChI=1S/C6H11N2O2P/c9-4-3-7-1-2-8(11)5-6(7)10/h4H,1-3,5,11H2. The van der Waals surface area contributed by atoms with Crippen molar-refractivity contribution in [2.24, 2.45) is 0 Å². The largest absolute Gasteiger partial charge is 0.333 e. The van der Waals surface area contributed by atoms with E-state index in [1.54, 1.807) is 4.90 Å². The number of carbonyl (C=O) groups excluding carboxylic acids is 2. The normalized spacial score (nSPS) is 20.5. The summed E-state index contributed by atoms with van der Waals surface area (Å²) in [6.45, 7) is 2.11. The van der Waals surface area contributed by atoms with Crippen molar-refractivity contribution in [2.45, 2.75) is 0 Å². The number of nitrogens with zero attached hydrogens (tertiary/aromatic N) is 2. The van der Waals surface area contributed by atoms with Crippen molar-refractivity contribution >= 4 is 21.6 Å². The molecule has 1 saturated heterocycles. The first-order chi connectivity index (χ1) is 5.24. The van der Waals surface area contributed by atoms with Gasteiger partial charge in [0.25, 0.3) is 0 Å². The fraction of sp³-hybridized carbons (Fsp3) is 0.667. The van der Waals surface area contributed by atoms with Crippen LogP contribution in [0, 0.1) is 0 Å². The predicted octanol–water partition coefficient (Wildman–Crippen LogP) is -0.880. The summed E-state index contributed by atoms with van der Waals surface area (Å²) in [4.78, 5) is 22.8. The first kappa shape index (κ1) is 8.62. The van der Waals surface area contributed by atoms with Crippen molar-refractivity contribution < 1.29 is 9.59 Å². The molecule has 1 rings (SSSR count). The number of hydrogen-bond acceptors (Lipinski definition) is 3. The van der Waals surface area contributed by atoms with Gasteiger partial charge in [-0.3, -0.25) is 9.46 Å². The Morgan fingerprint density at radius 1 is 1.55 bits per heavy atom. The Hall–Kier alpha value is -0.470. The van der Waals surface area contributed by atoms with Crippen LogP contribution in [0.15, 0.2) is 0 Å². The minimum Gasteiger partial charge on any atom is -0.333 e. The molecule has 0 aromatic rings. The third kappa shape index (κ3) is 2.24. The van der Waals surface area contributed by atoms with E-state index in [0.29, 0.717) is 13.1 Å². The molecule has 4 nitrogen and oxygen atoms in total. The van der Waals surface area contributed by atoms with Gasteiger partial charge in [-0.05, 0) is 0 Å². The highest BCUT2D eigenvalue weighted by atomic mass is 31.0. The zero-order valence-corrected chi connectivity index (χ0v) is 7.35. The van der Waals surface area contributed by atoms with Crippen LogP contribution >= 0.6 is 9.39 Å². The Kier molecular flexibility index (Phi) is 2.97. The number of amides is 1. The highest BCUT2D eigenvalue weighted by Gasteiger charge is 2.20. The number of rotatable bonds is 2. The van der Waals surface area contributed by atoms with Gasteiger partial charge in [-0.25, -0.2) is 0 Å². The summed E-state index contributed by atoms with van der Waals surface area (Å²) in [6.07, 6.45) is 0.760. The lowest BCUT2D eigenvalue weighted by Gasteiger charge is -2.30. The molecule has 0 aromatic heterocycles. The van der Waals surface area contributed by atoms with Gasteiger partial charge in [-0.2, -0.15) is 0 Å². The maximum atomic E-state index is 11.1. The summed E-state index contributed by atoms with van der Waals surface area (Å²) >= 11 is 0. The highest BCUT2D eigenvalue weighted by Crippen LogP contribution is 2.05. The molecule has 0 saturated carbocycles. The fourth-order valence-corrected chi connectivity index (χ4v) is 1.28. The summed E-state index contributed by atoms with van der Waals surface area (Å²) in [5, 5.41) is 0. The van der Waals surface area contributed by atoms with Gasteiger partial charge < -0.3 is 9.69 Å². The zero-order valence-electron chi connectivity index (χ0n) is 6.19. The molecule has 0 aliphatic carbocycles. The van der Waals surface area contributed by atoms with Gasteiger partial charge >= 0.3 is 0 Å². The van der Waals surface area contributed by atoms with Gasteiger partial charge in [0.15, 0.2) is 0 Å².